The van der Waals surface area contributed by atoms with Crippen LogP contribution in [0.2, 0.25) is 0 Å². The second-order valence-corrected chi connectivity index (χ2v) is 6.15. The van der Waals surface area contributed by atoms with E-state index in [-0.39, 0.29) is 17.3 Å². The molecular weight excluding hydrogens is 308 g/mol. The summed E-state index contributed by atoms with van der Waals surface area (Å²) >= 11 is 0. The van der Waals surface area contributed by atoms with Gasteiger partial charge in [0.15, 0.2) is 5.78 Å². The molecule has 1 aliphatic carbocycles. The third-order valence-corrected chi connectivity index (χ3v) is 3.78. The summed E-state index contributed by atoms with van der Waals surface area (Å²) in [5, 5.41) is 20.7. The molecule has 7 nitrogen and oxygen atoms in total. The Kier molecular flexibility index (Phi) is 4.02. The highest BCUT2D eigenvalue weighted by atomic mass is 16.3. The number of rotatable bonds is 5. The van der Waals surface area contributed by atoms with E-state index in [0.717, 1.165) is 0 Å². The van der Waals surface area contributed by atoms with Crippen LogP contribution >= 0.6 is 0 Å². The van der Waals surface area contributed by atoms with Crippen molar-refractivity contribution < 1.29 is 14.7 Å². The smallest absolute Gasteiger partial charge is 0.209 e. The van der Waals surface area contributed by atoms with E-state index in [0.29, 0.717) is 29.9 Å². The fourth-order valence-electron chi connectivity index (χ4n) is 2.44. The molecule has 2 N–H and O–H groups in total. The van der Waals surface area contributed by atoms with Crippen LogP contribution in [-0.2, 0) is 12.1 Å². The summed E-state index contributed by atoms with van der Waals surface area (Å²) in [6, 6.07) is 6.77. The number of aliphatic hydroxyl groups is 1. The number of hydrogen-bond donors (Lipinski definition) is 2. The van der Waals surface area contributed by atoms with E-state index in [9.17, 15) is 14.7 Å². The average Bonchev–Trinajstić information content (AvgIpc) is 3.01. The number of benzene rings is 1. The molecular formula is C17H18N4O3. The van der Waals surface area contributed by atoms with Gasteiger partial charge in [-0.25, -0.2) is 0 Å². The summed E-state index contributed by atoms with van der Waals surface area (Å²) in [7, 11) is 0. The summed E-state index contributed by atoms with van der Waals surface area (Å²) in [6.07, 6.45) is 2.98. The molecule has 0 aliphatic heterocycles. The summed E-state index contributed by atoms with van der Waals surface area (Å²) in [5.74, 6) is -0.376. The van der Waals surface area contributed by atoms with Crippen molar-refractivity contribution in [3.05, 3.63) is 59.1 Å². The Hall–Kier alpha value is -2.80. The zero-order valence-corrected chi connectivity index (χ0v) is 13.5. The van der Waals surface area contributed by atoms with Crippen LogP contribution < -0.4 is 5.32 Å². The highest BCUT2D eigenvalue weighted by Gasteiger charge is 2.25. The van der Waals surface area contributed by atoms with Gasteiger partial charge in [0.2, 0.25) is 5.78 Å². The number of carbonyl (C=O) groups is 2. The lowest BCUT2D eigenvalue weighted by Gasteiger charge is -2.16. The van der Waals surface area contributed by atoms with E-state index in [2.05, 4.69) is 15.6 Å². The summed E-state index contributed by atoms with van der Waals surface area (Å²) in [5.41, 5.74) is 0.543. The van der Waals surface area contributed by atoms with E-state index in [1.165, 1.54) is 6.08 Å². The average molecular weight is 326 g/mol. The predicted octanol–water partition coefficient (Wildman–Crippen LogP) is 1.06. The van der Waals surface area contributed by atoms with Crippen LogP contribution in [0.15, 0.2) is 42.2 Å². The third kappa shape index (κ3) is 3.11. The minimum atomic E-state index is -1.05. The number of ketones is 2. The van der Waals surface area contributed by atoms with Gasteiger partial charge in [-0.3, -0.25) is 14.3 Å². The quantitative estimate of drug-likeness (QED) is 0.853. The molecule has 0 atom stereocenters. The number of Topliss-reactive ketones (excluding diaryl/α,β-unsaturated/α-hetero) is 1. The molecule has 24 heavy (non-hydrogen) atoms. The van der Waals surface area contributed by atoms with Gasteiger partial charge in [0.25, 0.3) is 0 Å². The van der Waals surface area contributed by atoms with Crippen molar-refractivity contribution in [2.24, 2.45) is 0 Å². The second kappa shape index (κ2) is 6.01. The van der Waals surface area contributed by atoms with Crippen molar-refractivity contribution in [1.82, 2.24) is 20.3 Å². The van der Waals surface area contributed by atoms with Gasteiger partial charge in [-0.1, -0.05) is 29.5 Å². The van der Waals surface area contributed by atoms with Gasteiger partial charge < -0.3 is 10.4 Å². The van der Waals surface area contributed by atoms with Crippen LogP contribution in [0.1, 0.15) is 40.3 Å². The number of hydrogen-bond acceptors (Lipinski definition) is 6. The second-order valence-electron chi connectivity index (χ2n) is 6.15. The zero-order valence-electron chi connectivity index (χ0n) is 13.5. The number of aromatic nitrogens is 3. The van der Waals surface area contributed by atoms with Crippen LogP contribution in [0.3, 0.4) is 0 Å². The Morgan fingerprint density at radius 3 is 2.58 bits per heavy atom. The van der Waals surface area contributed by atoms with Gasteiger partial charge in [-0.2, -0.15) is 0 Å². The van der Waals surface area contributed by atoms with E-state index < -0.39 is 5.60 Å². The zero-order chi connectivity index (χ0) is 17.3. The third-order valence-electron chi connectivity index (χ3n) is 3.78. The minimum Gasteiger partial charge on any atom is -0.384 e. The van der Waals surface area contributed by atoms with E-state index in [4.69, 9.17) is 0 Å². The molecule has 3 rings (SSSR count). The van der Waals surface area contributed by atoms with Crippen molar-refractivity contribution in [2.45, 2.75) is 26.0 Å². The topological polar surface area (TPSA) is 97.1 Å². The summed E-state index contributed by atoms with van der Waals surface area (Å²) < 4.78 is 1.57. The van der Waals surface area contributed by atoms with Crippen LogP contribution in [0, 0.1) is 0 Å². The Balaban J connectivity index is 1.65. The number of nitrogens with zero attached hydrogens (tertiary/aromatic N) is 3. The van der Waals surface area contributed by atoms with E-state index >= 15 is 0 Å². The number of allylic oxidation sites excluding steroid dienone is 2. The van der Waals surface area contributed by atoms with Crippen LogP contribution in [0.4, 0.5) is 0 Å². The Bertz CT molecular complexity index is 830. The first kappa shape index (κ1) is 16.1. The maximum atomic E-state index is 12.4. The van der Waals surface area contributed by atoms with Crippen LogP contribution in [-0.4, -0.2) is 38.2 Å². The molecule has 1 aromatic carbocycles. The molecule has 0 saturated heterocycles. The lowest BCUT2D eigenvalue weighted by molar-refractivity contribution is 0.0737. The number of carbonyl (C=O) groups excluding carboxylic acids is 2. The van der Waals surface area contributed by atoms with Crippen molar-refractivity contribution in [3.8, 4) is 0 Å². The van der Waals surface area contributed by atoms with Crippen molar-refractivity contribution in [3.63, 3.8) is 0 Å². The van der Waals surface area contributed by atoms with Crippen molar-refractivity contribution >= 4 is 11.6 Å². The van der Waals surface area contributed by atoms with Gasteiger partial charge >= 0.3 is 0 Å². The van der Waals surface area contributed by atoms with Gasteiger partial charge in [0.1, 0.15) is 11.3 Å². The largest absolute Gasteiger partial charge is 0.384 e. The fraction of sp³-hybridized carbons (Fsp3) is 0.294. The first-order chi connectivity index (χ1) is 11.4. The van der Waals surface area contributed by atoms with E-state index in [1.54, 1.807) is 49.0 Å². The molecule has 2 aromatic rings. The van der Waals surface area contributed by atoms with Gasteiger partial charge in [0.05, 0.1) is 18.4 Å². The molecule has 124 valence electrons. The molecule has 0 unspecified atom stereocenters. The summed E-state index contributed by atoms with van der Waals surface area (Å²) in [6.45, 7) is 4.12. The molecule has 0 fully saturated rings. The lowest BCUT2D eigenvalue weighted by Crippen LogP contribution is -2.29. The maximum Gasteiger partial charge on any atom is 0.209 e. The lowest BCUT2D eigenvalue weighted by atomic mass is 9.93. The number of nitrogens with one attached hydrogen (secondary N) is 1. The SMILES string of the molecule is CC(C)(O)c1cn(CCNC2=CC(=O)c3ccccc3C2=O)nn1. The molecule has 1 heterocycles. The van der Waals surface area contributed by atoms with Crippen molar-refractivity contribution in [2.75, 3.05) is 6.54 Å². The minimum absolute atomic E-state index is 0.183. The fourth-order valence-corrected chi connectivity index (χ4v) is 2.44. The van der Waals surface area contributed by atoms with Crippen LogP contribution in [0.25, 0.3) is 0 Å². The predicted molar refractivity (Wildman–Crippen MR) is 86.5 cm³/mol. The normalized spacial score (nSPS) is 14.4. The first-order valence-corrected chi connectivity index (χ1v) is 7.63. The molecule has 0 radical (unpaired) electrons. The van der Waals surface area contributed by atoms with Gasteiger partial charge in [0, 0.05) is 23.7 Å². The molecule has 0 saturated carbocycles. The first-order valence-electron chi connectivity index (χ1n) is 7.63. The molecule has 0 amide bonds. The van der Waals surface area contributed by atoms with Gasteiger partial charge in [-0.05, 0) is 13.8 Å². The van der Waals surface area contributed by atoms with Gasteiger partial charge in [-0.15, -0.1) is 5.10 Å². The highest BCUT2D eigenvalue weighted by Crippen LogP contribution is 2.19. The monoisotopic (exact) mass is 326 g/mol. The number of fused-ring (bicyclic) bond motifs is 1. The van der Waals surface area contributed by atoms with Crippen LogP contribution in [0.5, 0.6) is 0 Å². The molecule has 1 aromatic heterocycles. The molecule has 0 spiro atoms. The highest BCUT2D eigenvalue weighted by molar-refractivity contribution is 6.24. The Labute approximate surface area is 139 Å². The molecule has 0 bridgehead atoms. The van der Waals surface area contributed by atoms with E-state index in [1.807, 2.05) is 0 Å². The Morgan fingerprint density at radius 2 is 1.92 bits per heavy atom. The molecule has 7 heteroatoms. The van der Waals surface area contributed by atoms with Crippen molar-refractivity contribution in [1.29, 1.82) is 0 Å². The Morgan fingerprint density at radius 1 is 1.21 bits per heavy atom. The maximum absolute atomic E-state index is 12.4. The summed E-state index contributed by atoms with van der Waals surface area (Å²) in [4.78, 5) is 24.5. The standard InChI is InChI=1S/C17H18N4O3/c1-17(2,24)15-10-21(20-19-15)8-7-18-13-9-14(22)11-5-3-4-6-12(11)16(13)23/h3-6,9-10,18,24H,7-8H2,1-2H3. The molecule has 1 aliphatic rings.